The summed E-state index contributed by atoms with van der Waals surface area (Å²) in [5.74, 6) is 0.0220. The van der Waals surface area contributed by atoms with Crippen LogP contribution in [0.3, 0.4) is 0 Å². The van der Waals surface area contributed by atoms with Crippen molar-refractivity contribution in [2.75, 3.05) is 0 Å². The quantitative estimate of drug-likeness (QED) is 0.748. The van der Waals surface area contributed by atoms with E-state index in [1.807, 2.05) is 0 Å². The first-order valence-electron chi connectivity index (χ1n) is 7.00. The molecule has 1 aromatic carbocycles. The highest BCUT2D eigenvalue weighted by atomic mass is 16.3. The van der Waals surface area contributed by atoms with Crippen LogP contribution < -0.4 is 10.6 Å². The molecule has 0 bridgehead atoms. The monoisotopic (exact) mass is 274 g/mol. The molecule has 1 spiro atoms. The SMILES string of the molecule is O=C1NC2(CCCC2)C(=O)N[C@@H]1Cc1ccc(O)cc1. The second kappa shape index (κ2) is 4.81. The molecule has 2 aliphatic rings. The fourth-order valence-corrected chi connectivity index (χ4v) is 3.08. The summed E-state index contributed by atoms with van der Waals surface area (Å²) < 4.78 is 0. The van der Waals surface area contributed by atoms with E-state index < -0.39 is 11.6 Å². The number of amides is 2. The van der Waals surface area contributed by atoms with Crippen molar-refractivity contribution < 1.29 is 14.7 Å². The van der Waals surface area contributed by atoms with Gasteiger partial charge < -0.3 is 15.7 Å². The van der Waals surface area contributed by atoms with Gasteiger partial charge in [-0.1, -0.05) is 25.0 Å². The first-order valence-corrected chi connectivity index (χ1v) is 7.00. The molecule has 0 radical (unpaired) electrons. The van der Waals surface area contributed by atoms with E-state index in [4.69, 9.17) is 0 Å². The maximum atomic E-state index is 12.3. The minimum Gasteiger partial charge on any atom is -0.508 e. The van der Waals surface area contributed by atoms with E-state index in [1.54, 1.807) is 24.3 Å². The van der Waals surface area contributed by atoms with Crippen molar-refractivity contribution in [3.63, 3.8) is 0 Å². The Morgan fingerprint density at radius 3 is 2.45 bits per heavy atom. The molecule has 106 valence electrons. The molecule has 5 nitrogen and oxygen atoms in total. The van der Waals surface area contributed by atoms with Crippen LogP contribution in [-0.2, 0) is 16.0 Å². The molecule has 1 aromatic rings. The molecule has 0 aromatic heterocycles. The first-order chi connectivity index (χ1) is 9.59. The number of carbonyl (C=O) groups is 2. The molecule has 1 saturated heterocycles. The summed E-state index contributed by atoms with van der Waals surface area (Å²) >= 11 is 0. The number of phenols is 1. The Hall–Kier alpha value is -2.04. The molecule has 2 amide bonds. The second-order valence-electron chi connectivity index (χ2n) is 5.68. The van der Waals surface area contributed by atoms with Crippen LogP contribution in [0.4, 0.5) is 0 Å². The topological polar surface area (TPSA) is 78.4 Å². The van der Waals surface area contributed by atoms with Gasteiger partial charge in [0.15, 0.2) is 0 Å². The Morgan fingerprint density at radius 1 is 1.15 bits per heavy atom. The largest absolute Gasteiger partial charge is 0.508 e. The summed E-state index contributed by atoms with van der Waals surface area (Å²) in [5.41, 5.74) is 0.244. The maximum absolute atomic E-state index is 12.3. The summed E-state index contributed by atoms with van der Waals surface area (Å²) in [4.78, 5) is 24.4. The predicted octanol–water partition coefficient (Wildman–Crippen LogP) is 0.862. The maximum Gasteiger partial charge on any atom is 0.246 e. The van der Waals surface area contributed by atoms with Crippen molar-refractivity contribution in [2.24, 2.45) is 0 Å². The van der Waals surface area contributed by atoms with Gasteiger partial charge in [-0.2, -0.15) is 0 Å². The molecule has 1 atom stereocenters. The van der Waals surface area contributed by atoms with Crippen LogP contribution in [0.5, 0.6) is 5.75 Å². The molecular weight excluding hydrogens is 256 g/mol. The Kier molecular flexibility index (Phi) is 3.12. The molecular formula is C15H18N2O3. The predicted molar refractivity (Wildman–Crippen MR) is 73.1 cm³/mol. The summed E-state index contributed by atoms with van der Waals surface area (Å²) in [7, 11) is 0. The molecule has 1 aliphatic heterocycles. The Labute approximate surface area is 117 Å². The number of nitrogens with one attached hydrogen (secondary N) is 2. The van der Waals surface area contributed by atoms with E-state index in [-0.39, 0.29) is 17.6 Å². The molecule has 2 fully saturated rings. The van der Waals surface area contributed by atoms with E-state index in [9.17, 15) is 14.7 Å². The summed E-state index contributed by atoms with van der Waals surface area (Å²) in [5, 5.41) is 15.0. The van der Waals surface area contributed by atoms with E-state index in [2.05, 4.69) is 10.6 Å². The normalized spacial score (nSPS) is 24.5. The van der Waals surface area contributed by atoms with E-state index in [1.165, 1.54) is 0 Å². The number of piperazine rings is 1. The second-order valence-corrected chi connectivity index (χ2v) is 5.68. The summed E-state index contributed by atoms with van der Waals surface area (Å²) in [6, 6.07) is 6.15. The van der Waals surface area contributed by atoms with Crippen LogP contribution in [0.1, 0.15) is 31.2 Å². The summed E-state index contributed by atoms with van der Waals surface area (Å²) in [6.07, 6.45) is 3.87. The van der Waals surface area contributed by atoms with Crippen molar-refractivity contribution in [3.05, 3.63) is 29.8 Å². The highest BCUT2D eigenvalue weighted by Crippen LogP contribution is 2.31. The van der Waals surface area contributed by atoms with Crippen LogP contribution in [-0.4, -0.2) is 28.5 Å². The van der Waals surface area contributed by atoms with Crippen LogP contribution in [0.15, 0.2) is 24.3 Å². The number of phenolic OH excluding ortho intramolecular Hbond substituents is 1. The minimum absolute atomic E-state index is 0.0571. The van der Waals surface area contributed by atoms with Crippen molar-refractivity contribution in [3.8, 4) is 5.75 Å². The highest BCUT2D eigenvalue weighted by molar-refractivity contribution is 6.00. The number of aromatic hydroxyl groups is 1. The highest BCUT2D eigenvalue weighted by Gasteiger charge is 2.47. The van der Waals surface area contributed by atoms with Crippen LogP contribution in [0, 0.1) is 0 Å². The lowest BCUT2D eigenvalue weighted by Gasteiger charge is -2.37. The number of hydrogen-bond donors (Lipinski definition) is 3. The Balaban J connectivity index is 1.71. The minimum atomic E-state index is -0.664. The van der Waals surface area contributed by atoms with Gasteiger partial charge in [-0.3, -0.25) is 9.59 Å². The lowest BCUT2D eigenvalue weighted by molar-refractivity contribution is -0.141. The molecule has 3 N–H and O–H groups in total. The molecule has 3 rings (SSSR count). The average molecular weight is 274 g/mol. The van der Waals surface area contributed by atoms with E-state index in [0.717, 1.165) is 31.2 Å². The molecule has 1 aliphatic carbocycles. The molecule has 0 unspecified atom stereocenters. The van der Waals surface area contributed by atoms with Gasteiger partial charge >= 0.3 is 0 Å². The fraction of sp³-hybridized carbons (Fsp3) is 0.467. The van der Waals surface area contributed by atoms with Gasteiger partial charge in [0.25, 0.3) is 0 Å². The van der Waals surface area contributed by atoms with E-state index in [0.29, 0.717) is 6.42 Å². The first kappa shape index (κ1) is 13.0. The van der Waals surface area contributed by atoms with Gasteiger partial charge in [0.05, 0.1) is 0 Å². The van der Waals surface area contributed by atoms with Crippen molar-refractivity contribution in [2.45, 2.75) is 43.7 Å². The zero-order valence-electron chi connectivity index (χ0n) is 11.2. The number of rotatable bonds is 2. The van der Waals surface area contributed by atoms with Crippen LogP contribution >= 0.6 is 0 Å². The van der Waals surface area contributed by atoms with E-state index >= 15 is 0 Å². The lowest BCUT2D eigenvalue weighted by atomic mass is 9.91. The van der Waals surface area contributed by atoms with Crippen LogP contribution in [0.25, 0.3) is 0 Å². The Morgan fingerprint density at radius 2 is 1.80 bits per heavy atom. The van der Waals surface area contributed by atoms with Crippen LogP contribution in [0.2, 0.25) is 0 Å². The zero-order valence-corrected chi connectivity index (χ0v) is 11.2. The van der Waals surface area contributed by atoms with Gasteiger partial charge in [-0.25, -0.2) is 0 Å². The number of hydrogen-bond acceptors (Lipinski definition) is 3. The molecule has 1 heterocycles. The third-order valence-corrected chi connectivity index (χ3v) is 4.25. The van der Waals surface area contributed by atoms with Gasteiger partial charge in [0.1, 0.15) is 17.3 Å². The smallest absolute Gasteiger partial charge is 0.246 e. The van der Waals surface area contributed by atoms with Gasteiger partial charge in [-0.15, -0.1) is 0 Å². The third-order valence-electron chi connectivity index (χ3n) is 4.25. The molecule has 5 heteroatoms. The third kappa shape index (κ3) is 2.24. The average Bonchev–Trinajstić information content (AvgIpc) is 2.88. The fourth-order valence-electron chi connectivity index (χ4n) is 3.08. The standard InChI is InChI=1S/C15H18N2O3/c18-11-5-3-10(4-6-11)9-12-13(19)17-15(14(20)16-12)7-1-2-8-15/h3-6,12,18H,1-2,7-9H2,(H,16,20)(H,17,19)/t12-/m1/s1. The lowest BCUT2D eigenvalue weighted by Crippen LogP contribution is -2.68. The number of carbonyl (C=O) groups excluding carboxylic acids is 2. The number of benzene rings is 1. The van der Waals surface area contributed by atoms with Crippen molar-refractivity contribution in [1.82, 2.24) is 10.6 Å². The van der Waals surface area contributed by atoms with Gasteiger partial charge in [0, 0.05) is 6.42 Å². The zero-order chi connectivity index (χ0) is 14.2. The van der Waals surface area contributed by atoms with Gasteiger partial charge in [0.2, 0.25) is 11.8 Å². The molecule has 1 saturated carbocycles. The summed E-state index contributed by atoms with van der Waals surface area (Å²) in [6.45, 7) is 0. The Bertz CT molecular complexity index is 533. The molecule has 20 heavy (non-hydrogen) atoms. The van der Waals surface area contributed by atoms with Gasteiger partial charge in [-0.05, 0) is 30.5 Å². The van der Waals surface area contributed by atoms with Crippen molar-refractivity contribution in [1.29, 1.82) is 0 Å². The van der Waals surface area contributed by atoms with Crippen molar-refractivity contribution >= 4 is 11.8 Å².